The van der Waals surface area contributed by atoms with Crippen LogP contribution in [0, 0.1) is 16.7 Å². The number of rotatable bonds is 1. The first-order chi connectivity index (χ1) is 10.5. The molecular weight excluding hydrogens is 288 g/mol. The molecule has 0 radical (unpaired) electrons. The van der Waals surface area contributed by atoms with Crippen LogP contribution in [0.2, 0.25) is 0 Å². The molecule has 1 saturated carbocycles. The van der Waals surface area contributed by atoms with Gasteiger partial charge >= 0.3 is 0 Å². The lowest BCUT2D eigenvalue weighted by Crippen LogP contribution is -2.67. The number of fused-ring (bicyclic) bond motifs is 3. The molecule has 0 bridgehead atoms. The predicted octanol–water partition coefficient (Wildman–Crippen LogP) is 3.81. The van der Waals surface area contributed by atoms with E-state index in [1.165, 1.54) is 5.57 Å². The lowest BCUT2D eigenvalue weighted by atomic mass is 9.48. The maximum Gasteiger partial charge on any atom is 0.143 e. The number of allylic oxidation sites excluding steroid dienone is 1. The molecule has 2 fully saturated rings. The number of carbonyl (C=O) groups is 1. The van der Waals surface area contributed by atoms with E-state index >= 15 is 0 Å². The van der Waals surface area contributed by atoms with Crippen molar-refractivity contribution in [3.05, 3.63) is 24.3 Å². The molecule has 2 aliphatic carbocycles. The van der Waals surface area contributed by atoms with Crippen LogP contribution in [0.1, 0.15) is 60.3 Å². The summed E-state index contributed by atoms with van der Waals surface area (Å²) in [5.41, 5.74) is -0.547. The summed E-state index contributed by atoms with van der Waals surface area (Å²) >= 11 is 0. The van der Waals surface area contributed by atoms with E-state index in [1.807, 2.05) is 19.9 Å². The van der Waals surface area contributed by atoms with Crippen molar-refractivity contribution in [2.45, 2.75) is 77.6 Å². The number of aliphatic hydroxyl groups excluding tert-OH is 1. The van der Waals surface area contributed by atoms with E-state index in [9.17, 15) is 9.90 Å². The van der Waals surface area contributed by atoms with Crippen molar-refractivity contribution in [2.75, 3.05) is 0 Å². The number of aliphatic hydroxyl groups is 1. The molecule has 23 heavy (non-hydrogen) atoms. The van der Waals surface area contributed by atoms with Crippen LogP contribution < -0.4 is 0 Å². The number of ketones is 1. The van der Waals surface area contributed by atoms with Crippen LogP contribution in [0.3, 0.4) is 0 Å². The minimum absolute atomic E-state index is 0.0226. The molecule has 1 aliphatic heterocycles. The third-order valence-corrected chi connectivity index (χ3v) is 6.70. The van der Waals surface area contributed by atoms with Crippen LogP contribution in [-0.4, -0.2) is 28.2 Å². The van der Waals surface area contributed by atoms with Gasteiger partial charge in [-0.1, -0.05) is 44.9 Å². The first-order valence-corrected chi connectivity index (χ1v) is 8.76. The predicted molar refractivity (Wildman–Crippen MR) is 91.0 cm³/mol. The number of Topliss-reactive ketones (excluding diaryl/α,β-unsaturated/α-hetero) is 1. The summed E-state index contributed by atoms with van der Waals surface area (Å²) in [6.07, 6.45) is 6.45. The maximum atomic E-state index is 13.2. The van der Waals surface area contributed by atoms with Gasteiger partial charge in [0.25, 0.3) is 0 Å². The quantitative estimate of drug-likeness (QED) is 0.748. The summed E-state index contributed by atoms with van der Waals surface area (Å²) < 4.78 is 6.35. The minimum Gasteiger partial charge on any atom is -0.386 e. The summed E-state index contributed by atoms with van der Waals surface area (Å²) in [6.45, 7) is 14.3. The van der Waals surface area contributed by atoms with Crippen LogP contribution in [0.15, 0.2) is 24.3 Å². The van der Waals surface area contributed by atoms with Gasteiger partial charge in [-0.15, -0.1) is 6.58 Å². The van der Waals surface area contributed by atoms with Gasteiger partial charge < -0.3 is 9.84 Å². The molecule has 128 valence electrons. The highest BCUT2D eigenvalue weighted by Crippen LogP contribution is 2.62. The lowest BCUT2D eigenvalue weighted by Gasteiger charge is -2.61. The largest absolute Gasteiger partial charge is 0.386 e. The van der Waals surface area contributed by atoms with E-state index in [1.54, 1.807) is 6.08 Å². The lowest BCUT2D eigenvalue weighted by molar-refractivity contribution is -0.232. The Balaban J connectivity index is 2.17. The Labute approximate surface area is 139 Å². The zero-order valence-electron chi connectivity index (χ0n) is 15.1. The van der Waals surface area contributed by atoms with E-state index in [4.69, 9.17) is 4.74 Å². The molecule has 0 aromatic heterocycles. The maximum absolute atomic E-state index is 13.2. The Hall–Kier alpha value is -0.930. The smallest absolute Gasteiger partial charge is 0.143 e. The van der Waals surface area contributed by atoms with Crippen molar-refractivity contribution in [3.8, 4) is 0 Å². The van der Waals surface area contributed by atoms with Crippen molar-refractivity contribution in [1.29, 1.82) is 0 Å². The van der Waals surface area contributed by atoms with Crippen LogP contribution in [0.5, 0.6) is 0 Å². The van der Waals surface area contributed by atoms with Crippen molar-refractivity contribution < 1.29 is 14.6 Å². The summed E-state index contributed by atoms with van der Waals surface area (Å²) in [7, 11) is 0. The highest BCUT2D eigenvalue weighted by Gasteiger charge is 2.64. The van der Waals surface area contributed by atoms with Gasteiger partial charge in [-0.2, -0.15) is 0 Å². The summed E-state index contributed by atoms with van der Waals surface area (Å²) in [5, 5.41) is 10.9. The SMILES string of the molecule is C=C[C@@]1(C)CC(=O)[C@H]2[C@](C)(O1)[C@@H](O)C=C1C(C)(C)CCC[C@@]12C. The molecule has 3 rings (SSSR count). The summed E-state index contributed by atoms with van der Waals surface area (Å²) in [6, 6.07) is 0. The van der Waals surface area contributed by atoms with Gasteiger partial charge in [-0.05, 0) is 32.1 Å². The van der Waals surface area contributed by atoms with Gasteiger partial charge in [0, 0.05) is 11.8 Å². The van der Waals surface area contributed by atoms with Crippen molar-refractivity contribution in [2.24, 2.45) is 16.7 Å². The fourth-order valence-electron chi connectivity index (χ4n) is 5.68. The topological polar surface area (TPSA) is 46.5 Å². The van der Waals surface area contributed by atoms with Gasteiger partial charge in [-0.25, -0.2) is 0 Å². The van der Waals surface area contributed by atoms with Gasteiger partial charge in [-0.3, -0.25) is 4.79 Å². The molecular formula is C20H30O3. The molecule has 0 amide bonds. The fourth-order valence-corrected chi connectivity index (χ4v) is 5.68. The number of hydrogen-bond acceptors (Lipinski definition) is 3. The van der Waals surface area contributed by atoms with Crippen molar-refractivity contribution in [1.82, 2.24) is 0 Å². The summed E-state index contributed by atoms with van der Waals surface area (Å²) in [5.74, 6) is -0.0939. The third kappa shape index (κ3) is 2.20. The molecule has 3 nitrogen and oxygen atoms in total. The molecule has 1 saturated heterocycles. The molecule has 5 atom stereocenters. The monoisotopic (exact) mass is 318 g/mol. The molecule has 0 aromatic carbocycles. The van der Waals surface area contributed by atoms with E-state index in [2.05, 4.69) is 27.4 Å². The van der Waals surface area contributed by atoms with Gasteiger partial charge in [0.15, 0.2) is 0 Å². The summed E-state index contributed by atoms with van der Waals surface area (Å²) in [4.78, 5) is 13.2. The second-order valence-corrected chi connectivity index (χ2v) is 9.06. The molecule has 1 heterocycles. The molecule has 0 spiro atoms. The van der Waals surface area contributed by atoms with Gasteiger partial charge in [0.1, 0.15) is 17.5 Å². The molecule has 3 heteroatoms. The fraction of sp³-hybridized carbons (Fsp3) is 0.750. The Morgan fingerprint density at radius 1 is 1.26 bits per heavy atom. The Bertz CT molecular complexity index is 590. The van der Waals surface area contributed by atoms with Crippen LogP contribution in [0.4, 0.5) is 0 Å². The van der Waals surface area contributed by atoms with Crippen molar-refractivity contribution in [3.63, 3.8) is 0 Å². The first kappa shape index (κ1) is 16.9. The molecule has 3 aliphatic rings. The Morgan fingerprint density at radius 3 is 2.52 bits per heavy atom. The minimum atomic E-state index is -0.885. The standard InChI is InChI=1S/C20H30O3/c1-7-18(4)12-13(21)16-19(5)10-8-9-17(2,3)14(19)11-15(22)20(16,6)23-18/h7,11,15-16,22H,1,8-10,12H2,2-6H3/t15-,16+,18-,19-,20+/m0/s1. The second kappa shape index (κ2) is 4.80. The molecule has 0 aromatic rings. The van der Waals surface area contributed by atoms with Crippen LogP contribution in [0.25, 0.3) is 0 Å². The average Bonchev–Trinajstić information content (AvgIpc) is 2.40. The van der Waals surface area contributed by atoms with Crippen molar-refractivity contribution >= 4 is 5.78 Å². The number of hydrogen-bond donors (Lipinski definition) is 1. The number of ether oxygens (including phenoxy) is 1. The number of carbonyl (C=O) groups excluding carboxylic acids is 1. The van der Waals surface area contributed by atoms with E-state index < -0.39 is 17.3 Å². The normalized spacial score (nSPS) is 49.0. The molecule has 0 unspecified atom stereocenters. The van der Waals surface area contributed by atoms with E-state index in [0.717, 1.165) is 19.3 Å². The van der Waals surface area contributed by atoms with E-state index in [0.29, 0.717) is 6.42 Å². The Kier molecular flexibility index (Phi) is 3.53. The highest BCUT2D eigenvalue weighted by molar-refractivity contribution is 5.86. The second-order valence-electron chi connectivity index (χ2n) is 9.06. The Morgan fingerprint density at radius 2 is 1.91 bits per heavy atom. The first-order valence-electron chi connectivity index (χ1n) is 8.76. The zero-order chi connectivity index (χ0) is 17.3. The van der Waals surface area contributed by atoms with Crippen LogP contribution in [-0.2, 0) is 9.53 Å². The molecule has 1 N–H and O–H groups in total. The third-order valence-electron chi connectivity index (χ3n) is 6.70. The highest BCUT2D eigenvalue weighted by atomic mass is 16.5. The van der Waals surface area contributed by atoms with Crippen LogP contribution >= 0.6 is 0 Å². The van der Waals surface area contributed by atoms with Gasteiger partial charge in [0.05, 0.1) is 11.5 Å². The van der Waals surface area contributed by atoms with E-state index in [-0.39, 0.29) is 22.5 Å². The zero-order valence-corrected chi connectivity index (χ0v) is 15.1. The van der Waals surface area contributed by atoms with Gasteiger partial charge in [0.2, 0.25) is 0 Å². The average molecular weight is 318 g/mol.